The quantitative estimate of drug-likeness (QED) is 0.850. The molecule has 1 rings (SSSR count). The van der Waals surface area contributed by atoms with Gasteiger partial charge in [0.15, 0.2) is 0 Å². The van der Waals surface area contributed by atoms with Gasteiger partial charge in [-0.05, 0) is 31.4 Å². The smallest absolute Gasteiger partial charge is 0.252 e. The molecule has 0 aliphatic heterocycles. The molecule has 1 atom stereocenters. The minimum atomic E-state index is -1.04. The van der Waals surface area contributed by atoms with E-state index in [1.165, 1.54) is 0 Å². The van der Waals surface area contributed by atoms with Crippen LogP contribution in [0.25, 0.3) is 0 Å². The molecule has 0 heterocycles. The molecule has 0 bridgehead atoms. The van der Waals surface area contributed by atoms with E-state index >= 15 is 0 Å². The molecule has 3 N–H and O–H groups in total. The first-order valence-corrected chi connectivity index (χ1v) is 5.97. The van der Waals surface area contributed by atoms with Crippen LogP contribution in [0.4, 0.5) is 0 Å². The van der Waals surface area contributed by atoms with Crippen LogP contribution in [0.1, 0.15) is 36.7 Å². The zero-order valence-corrected chi connectivity index (χ0v) is 11.3. The lowest BCUT2D eigenvalue weighted by Crippen LogP contribution is -2.58. The summed E-state index contributed by atoms with van der Waals surface area (Å²) in [4.78, 5) is 23.7. The minimum absolute atomic E-state index is 0.0806. The summed E-state index contributed by atoms with van der Waals surface area (Å²) in [7, 11) is 0. The molecule has 4 nitrogen and oxygen atoms in total. The minimum Gasteiger partial charge on any atom is -0.368 e. The molecule has 2 amide bonds. The van der Waals surface area contributed by atoms with Crippen molar-refractivity contribution in [1.82, 2.24) is 5.32 Å². The number of primary amides is 1. The second-order valence-electron chi connectivity index (χ2n) is 4.99. The molecule has 18 heavy (non-hydrogen) atoms. The van der Waals surface area contributed by atoms with Crippen molar-refractivity contribution >= 4 is 11.8 Å². The number of aryl methyl sites for hydroxylation is 1. The van der Waals surface area contributed by atoms with Gasteiger partial charge >= 0.3 is 0 Å². The van der Waals surface area contributed by atoms with Crippen molar-refractivity contribution in [3.05, 3.63) is 35.4 Å². The Hall–Kier alpha value is -1.84. The third kappa shape index (κ3) is 2.70. The van der Waals surface area contributed by atoms with E-state index in [2.05, 4.69) is 5.32 Å². The van der Waals surface area contributed by atoms with Gasteiger partial charge in [0, 0.05) is 5.56 Å². The van der Waals surface area contributed by atoms with E-state index in [-0.39, 0.29) is 11.8 Å². The molecule has 0 unspecified atom stereocenters. The Bertz CT molecular complexity index is 469. The first-order chi connectivity index (χ1) is 8.29. The van der Waals surface area contributed by atoms with Gasteiger partial charge in [-0.25, -0.2) is 0 Å². The summed E-state index contributed by atoms with van der Waals surface area (Å²) in [6.07, 6.45) is 0. The van der Waals surface area contributed by atoms with E-state index in [0.717, 1.165) is 5.56 Å². The Kier molecular flexibility index (Phi) is 4.11. The number of rotatable bonds is 4. The second kappa shape index (κ2) is 5.21. The SMILES string of the molecule is Cc1ccccc1C(=O)N[C@@](C)(C(N)=O)C(C)C. The maximum atomic E-state index is 12.2. The van der Waals surface area contributed by atoms with Crippen molar-refractivity contribution in [3.63, 3.8) is 0 Å². The van der Waals surface area contributed by atoms with E-state index in [1.807, 2.05) is 32.9 Å². The van der Waals surface area contributed by atoms with Crippen molar-refractivity contribution < 1.29 is 9.59 Å². The monoisotopic (exact) mass is 248 g/mol. The van der Waals surface area contributed by atoms with E-state index in [1.54, 1.807) is 19.1 Å². The van der Waals surface area contributed by atoms with Crippen LogP contribution in [0.5, 0.6) is 0 Å². The highest BCUT2D eigenvalue weighted by atomic mass is 16.2. The van der Waals surface area contributed by atoms with Crippen LogP contribution < -0.4 is 11.1 Å². The topological polar surface area (TPSA) is 72.2 Å². The predicted octanol–water partition coefficient (Wildman–Crippen LogP) is 1.62. The predicted molar refractivity (Wildman–Crippen MR) is 71.1 cm³/mol. The van der Waals surface area contributed by atoms with Crippen molar-refractivity contribution in [3.8, 4) is 0 Å². The van der Waals surface area contributed by atoms with Gasteiger partial charge in [0.1, 0.15) is 5.54 Å². The average Bonchev–Trinajstić information content (AvgIpc) is 2.28. The van der Waals surface area contributed by atoms with Crippen molar-refractivity contribution in [1.29, 1.82) is 0 Å². The molecule has 0 radical (unpaired) electrons. The third-order valence-corrected chi connectivity index (χ3v) is 3.43. The summed E-state index contributed by atoms with van der Waals surface area (Å²) in [5.74, 6) is -0.884. The maximum absolute atomic E-state index is 12.2. The lowest BCUT2D eigenvalue weighted by atomic mass is 9.87. The second-order valence-corrected chi connectivity index (χ2v) is 4.99. The van der Waals surface area contributed by atoms with E-state index in [4.69, 9.17) is 5.73 Å². The molecule has 0 saturated heterocycles. The van der Waals surface area contributed by atoms with Crippen LogP contribution in [0.15, 0.2) is 24.3 Å². The van der Waals surface area contributed by atoms with Gasteiger partial charge in [-0.2, -0.15) is 0 Å². The third-order valence-electron chi connectivity index (χ3n) is 3.43. The van der Waals surface area contributed by atoms with Gasteiger partial charge in [-0.3, -0.25) is 9.59 Å². The molecule has 4 heteroatoms. The fourth-order valence-corrected chi connectivity index (χ4v) is 1.62. The van der Waals surface area contributed by atoms with Crippen LogP contribution in [0, 0.1) is 12.8 Å². The highest BCUT2D eigenvalue weighted by Gasteiger charge is 2.36. The van der Waals surface area contributed by atoms with E-state index in [0.29, 0.717) is 5.56 Å². The van der Waals surface area contributed by atoms with Crippen molar-refractivity contribution in [2.75, 3.05) is 0 Å². The van der Waals surface area contributed by atoms with Crippen LogP contribution in [-0.4, -0.2) is 17.4 Å². The van der Waals surface area contributed by atoms with Gasteiger partial charge in [0.2, 0.25) is 5.91 Å². The Morgan fingerprint density at radius 1 is 1.28 bits per heavy atom. The summed E-state index contributed by atoms with van der Waals surface area (Å²) < 4.78 is 0. The first kappa shape index (κ1) is 14.2. The highest BCUT2D eigenvalue weighted by Crippen LogP contribution is 2.17. The van der Waals surface area contributed by atoms with Crippen LogP contribution in [-0.2, 0) is 4.79 Å². The summed E-state index contributed by atoms with van der Waals surface area (Å²) in [6.45, 7) is 7.20. The Morgan fingerprint density at radius 2 is 1.83 bits per heavy atom. The Morgan fingerprint density at radius 3 is 2.28 bits per heavy atom. The maximum Gasteiger partial charge on any atom is 0.252 e. The molecule has 1 aromatic rings. The molecular formula is C14H20N2O2. The number of benzene rings is 1. The summed E-state index contributed by atoms with van der Waals surface area (Å²) in [5, 5.41) is 2.74. The largest absolute Gasteiger partial charge is 0.368 e. The van der Waals surface area contributed by atoms with Gasteiger partial charge in [0.25, 0.3) is 5.91 Å². The fraction of sp³-hybridized carbons (Fsp3) is 0.429. The molecule has 0 spiro atoms. The zero-order valence-electron chi connectivity index (χ0n) is 11.3. The normalized spacial score (nSPS) is 14.1. The standard InChI is InChI=1S/C14H20N2O2/c1-9(2)14(4,13(15)18)16-12(17)11-8-6-5-7-10(11)3/h5-9H,1-4H3,(H2,15,18)(H,16,17)/t14-/m1/s1. The molecular weight excluding hydrogens is 228 g/mol. The first-order valence-electron chi connectivity index (χ1n) is 5.97. The molecule has 0 fully saturated rings. The Balaban J connectivity index is 3.00. The summed E-state index contributed by atoms with van der Waals surface area (Å²) in [5.41, 5.74) is 5.77. The number of hydrogen-bond donors (Lipinski definition) is 2. The van der Waals surface area contributed by atoms with Gasteiger partial charge < -0.3 is 11.1 Å². The van der Waals surface area contributed by atoms with Crippen molar-refractivity contribution in [2.24, 2.45) is 11.7 Å². The summed E-state index contributed by atoms with van der Waals surface area (Å²) in [6, 6.07) is 7.24. The van der Waals surface area contributed by atoms with Gasteiger partial charge in [-0.15, -0.1) is 0 Å². The van der Waals surface area contributed by atoms with E-state index in [9.17, 15) is 9.59 Å². The molecule has 0 aliphatic carbocycles. The number of nitrogens with two attached hydrogens (primary N) is 1. The van der Waals surface area contributed by atoms with E-state index < -0.39 is 11.4 Å². The Labute approximate surface area is 108 Å². The highest BCUT2D eigenvalue weighted by molar-refractivity contribution is 5.99. The van der Waals surface area contributed by atoms with Crippen LogP contribution in [0.2, 0.25) is 0 Å². The molecule has 0 aliphatic rings. The lowest BCUT2D eigenvalue weighted by Gasteiger charge is -2.31. The number of amides is 2. The fourth-order valence-electron chi connectivity index (χ4n) is 1.62. The molecule has 0 aromatic heterocycles. The zero-order chi connectivity index (χ0) is 13.9. The molecule has 1 aromatic carbocycles. The summed E-state index contributed by atoms with van der Waals surface area (Å²) >= 11 is 0. The van der Waals surface area contributed by atoms with Gasteiger partial charge in [-0.1, -0.05) is 32.0 Å². The average molecular weight is 248 g/mol. The van der Waals surface area contributed by atoms with Crippen molar-refractivity contribution in [2.45, 2.75) is 33.2 Å². The number of carbonyl (C=O) groups is 2. The van der Waals surface area contributed by atoms with Gasteiger partial charge in [0.05, 0.1) is 0 Å². The van der Waals surface area contributed by atoms with Crippen LogP contribution in [0.3, 0.4) is 0 Å². The molecule has 0 saturated carbocycles. The number of carbonyl (C=O) groups excluding carboxylic acids is 2. The lowest BCUT2D eigenvalue weighted by molar-refractivity contribution is -0.125. The number of nitrogens with one attached hydrogen (secondary N) is 1. The number of hydrogen-bond acceptors (Lipinski definition) is 2. The van der Waals surface area contributed by atoms with Crippen LogP contribution >= 0.6 is 0 Å². The molecule has 98 valence electrons.